The molecular weight excluding hydrogens is 725 g/mol. The quantitative estimate of drug-likeness (QED) is 0.0347. The summed E-state index contributed by atoms with van der Waals surface area (Å²) in [6, 6.07) is 0. The van der Waals surface area contributed by atoms with E-state index in [-0.39, 0.29) is 32.0 Å². The van der Waals surface area contributed by atoms with Gasteiger partial charge in [-0.05, 0) is 12.8 Å². The van der Waals surface area contributed by atoms with Crippen LogP contribution >= 0.6 is 0 Å². The van der Waals surface area contributed by atoms with Crippen molar-refractivity contribution in [2.24, 2.45) is 0 Å². The lowest BCUT2D eigenvalue weighted by Gasteiger charge is -2.39. The third kappa shape index (κ3) is 30.4. The number of esters is 2. The van der Waals surface area contributed by atoms with E-state index in [9.17, 15) is 30.0 Å². The summed E-state index contributed by atoms with van der Waals surface area (Å²) < 4.78 is 22.2. The van der Waals surface area contributed by atoms with Crippen molar-refractivity contribution < 1.29 is 49.0 Å². The molecule has 0 spiro atoms. The van der Waals surface area contributed by atoms with E-state index in [4.69, 9.17) is 18.9 Å². The van der Waals surface area contributed by atoms with Gasteiger partial charge in [0, 0.05) is 12.8 Å². The summed E-state index contributed by atoms with van der Waals surface area (Å²) in [6.07, 6.45) is 32.7. The second kappa shape index (κ2) is 38.9. The molecule has 1 saturated heterocycles. The van der Waals surface area contributed by atoms with Gasteiger partial charge in [0.05, 0.1) is 13.2 Å². The number of unbranched alkanes of at least 4 members (excludes halogenated alkanes) is 30. The van der Waals surface area contributed by atoms with Gasteiger partial charge in [-0.3, -0.25) is 9.59 Å². The Kier molecular flexibility index (Phi) is 36.6. The fourth-order valence-electron chi connectivity index (χ4n) is 7.66. The van der Waals surface area contributed by atoms with Crippen molar-refractivity contribution in [1.82, 2.24) is 0 Å². The Labute approximate surface area is 348 Å². The van der Waals surface area contributed by atoms with Crippen molar-refractivity contribution in [2.45, 2.75) is 269 Å². The lowest BCUT2D eigenvalue weighted by atomic mass is 9.99. The van der Waals surface area contributed by atoms with Crippen LogP contribution in [0.25, 0.3) is 0 Å². The Morgan fingerprint density at radius 3 is 1.19 bits per heavy atom. The van der Waals surface area contributed by atoms with Crippen LogP contribution in [0.2, 0.25) is 0 Å². The molecule has 0 amide bonds. The first-order valence-corrected chi connectivity index (χ1v) is 24.1. The Morgan fingerprint density at radius 2 is 0.825 bits per heavy atom. The maximum absolute atomic E-state index is 12.8. The average Bonchev–Trinajstić information content (AvgIpc) is 3.21. The zero-order chi connectivity index (χ0) is 41.6. The minimum Gasteiger partial charge on any atom is -0.462 e. The normalized spacial score (nSPS) is 20.1. The van der Waals surface area contributed by atoms with Gasteiger partial charge in [0.25, 0.3) is 0 Å². The molecule has 1 aliphatic rings. The molecule has 1 rings (SSSR count). The van der Waals surface area contributed by atoms with Crippen molar-refractivity contribution in [3.63, 3.8) is 0 Å². The van der Waals surface area contributed by atoms with Crippen LogP contribution in [0.15, 0.2) is 0 Å². The number of aliphatic hydroxyl groups excluding tert-OH is 4. The van der Waals surface area contributed by atoms with E-state index in [0.717, 1.165) is 32.1 Å². The fraction of sp³-hybridized carbons (Fsp3) is 0.957. The second-order valence-corrected chi connectivity index (χ2v) is 16.9. The summed E-state index contributed by atoms with van der Waals surface area (Å²) in [5.41, 5.74) is 0. The Hall–Kier alpha value is -1.30. The standard InChI is InChI=1S/C47H90O10/c1-3-5-7-9-11-13-15-16-17-18-19-20-21-22-23-24-25-26-28-30-32-34-36-43(50)56-40(39-55-47-46(53)45(52)44(51)41(37-48)57-47)38-54-42(49)35-33-31-29-27-14-12-10-8-6-4-2/h40-41,44-48,51-53H,3-39H2,1-2H3. The SMILES string of the molecule is CCCCCCCCCCCCCCCCCCCCCCCCC(=O)OC(COC(=O)CCCCCCCCCCCC)COC1OC(CO)C(O)C(O)C1O. The molecule has 57 heavy (non-hydrogen) atoms. The van der Waals surface area contributed by atoms with Gasteiger partial charge in [0.15, 0.2) is 12.4 Å². The van der Waals surface area contributed by atoms with Crippen LogP contribution in [0, 0.1) is 0 Å². The molecule has 0 aromatic rings. The van der Waals surface area contributed by atoms with E-state index in [1.54, 1.807) is 0 Å². The van der Waals surface area contributed by atoms with Crippen LogP contribution in [0.1, 0.15) is 232 Å². The number of rotatable bonds is 41. The maximum Gasteiger partial charge on any atom is 0.306 e. The predicted molar refractivity (Wildman–Crippen MR) is 229 cm³/mol. The third-order valence-corrected chi connectivity index (χ3v) is 11.5. The van der Waals surface area contributed by atoms with E-state index in [1.807, 2.05) is 0 Å². The molecule has 1 aliphatic heterocycles. The van der Waals surface area contributed by atoms with Crippen molar-refractivity contribution in [1.29, 1.82) is 0 Å². The van der Waals surface area contributed by atoms with Crippen LogP contribution in [0.5, 0.6) is 0 Å². The smallest absolute Gasteiger partial charge is 0.306 e. The van der Waals surface area contributed by atoms with Crippen molar-refractivity contribution in [3.05, 3.63) is 0 Å². The van der Waals surface area contributed by atoms with Gasteiger partial charge in [-0.2, -0.15) is 0 Å². The molecule has 0 aromatic carbocycles. The number of carbonyl (C=O) groups excluding carboxylic acids is 2. The summed E-state index contributed by atoms with van der Waals surface area (Å²) in [5.74, 6) is -0.792. The lowest BCUT2D eigenvalue weighted by molar-refractivity contribution is -0.305. The number of carbonyl (C=O) groups is 2. The molecule has 1 fully saturated rings. The number of hydrogen-bond donors (Lipinski definition) is 4. The zero-order valence-corrected chi connectivity index (χ0v) is 36.9. The first kappa shape index (κ1) is 53.7. The fourth-order valence-corrected chi connectivity index (χ4v) is 7.66. The monoisotopic (exact) mass is 815 g/mol. The minimum atomic E-state index is -1.59. The van der Waals surface area contributed by atoms with Crippen LogP contribution < -0.4 is 0 Å². The molecule has 4 N–H and O–H groups in total. The molecule has 0 aliphatic carbocycles. The highest BCUT2D eigenvalue weighted by atomic mass is 16.7. The van der Waals surface area contributed by atoms with Gasteiger partial charge in [0.2, 0.25) is 0 Å². The highest BCUT2D eigenvalue weighted by molar-refractivity contribution is 5.70. The Morgan fingerprint density at radius 1 is 0.474 bits per heavy atom. The van der Waals surface area contributed by atoms with Gasteiger partial charge in [-0.1, -0.05) is 206 Å². The molecule has 10 heteroatoms. The third-order valence-electron chi connectivity index (χ3n) is 11.5. The first-order chi connectivity index (χ1) is 27.8. The average molecular weight is 815 g/mol. The highest BCUT2D eigenvalue weighted by Gasteiger charge is 2.44. The molecule has 6 atom stereocenters. The topological polar surface area (TPSA) is 152 Å². The van der Waals surface area contributed by atoms with Crippen molar-refractivity contribution >= 4 is 11.9 Å². The van der Waals surface area contributed by atoms with Gasteiger partial charge in [-0.25, -0.2) is 0 Å². The Balaban J connectivity index is 2.22. The largest absolute Gasteiger partial charge is 0.462 e. The summed E-state index contributed by atoms with van der Waals surface area (Å²) >= 11 is 0. The molecule has 1 heterocycles. The number of hydrogen-bond acceptors (Lipinski definition) is 10. The van der Waals surface area contributed by atoms with E-state index >= 15 is 0 Å². The van der Waals surface area contributed by atoms with E-state index < -0.39 is 49.4 Å². The zero-order valence-electron chi connectivity index (χ0n) is 36.9. The minimum absolute atomic E-state index is 0.209. The van der Waals surface area contributed by atoms with E-state index in [2.05, 4.69) is 13.8 Å². The van der Waals surface area contributed by atoms with Crippen molar-refractivity contribution in [2.75, 3.05) is 19.8 Å². The highest BCUT2D eigenvalue weighted by Crippen LogP contribution is 2.23. The maximum atomic E-state index is 12.8. The second-order valence-electron chi connectivity index (χ2n) is 16.9. The molecular formula is C47H90O10. The summed E-state index contributed by atoms with van der Waals surface area (Å²) in [4.78, 5) is 25.3. The number of aliphatic hydroxyl groups is 4. The van der Waals surface area contributed by atoms with Crippen LogP contribution in [-0.2, 0) is 28.5 Å². The van der Waals surface area contributed by atoms with Crippen LogP contribution in [-0.4, -0.2) is 89.0 Å². The molecule has 0 bridgehead atoms. The molecule has 0 aromatic heterocycles. The van der Waals surface area contributed by atoms with Crippen LogP contribution in [0.4, 0.5) is 0 Å². The Bertz CT molecular complexity index is 901. The molecule has 338 valence electrons. The molecule has 10 nitrogen and oxygen atoms in total. The van der Waals surface area contributed by atoms with Gasteiger partial charge < -0.3 is 39.4 Å². The van der Waals surface area contributed by atoms with E-state index in [0.29, 0.717) is 6.42 Å². The lowest BCUT2D eigenvalue weighted by Crippen LogP contribution is -2.59. The van der Waals surface area contributed by atoms with Crippen molar-refractivity contribution in [3.8, 4) is 0 Å². The van der Waals surface area contributed by atoms with Crippen LogP contribution in [0.3, 0.4) is 0 Å². The van der Waals surface area contributed by atoms with E-state index in [1.165, 1.54) is 167 Å². The van der Waals surface area contributed by atoms with Gasteiger partial charge >= 0.3 is 11.9 Å². The molecule has 0 saturated carbocycles. The first-order valence-electron chi connectivity index (χ1n) is 24.1. The molecule has 0 radical (unpaired) electrons. The summed E-state index contributed by atoms with van der Waals surface area (Å²) in [6.45, 7) is 3.44. The molecule has 6 unspecified atom stereocenters. The summed E-state index contributed by atoms with van der Waals surface area (Å²) in [5, 5.41) is 40.1. The number of ether oxygens (including phenoxy) is 4. The van der Waals surface area contributed by atoms with Gasteiger partial charge in [-0.15, -0.1) is 0 Å². The van der Waals surface area contributed by atoms with Gasteiger partial charge in [0.1, 0.15) is 31.0 Å². The predicted octanol–water partition coefficient (Wildman–Crippen LogP) is 10.6. The summed E-state index contributed by atoms with van der Waals surface area (Å²) in [7, 11) is 0.